The maximum absolute atomic E-state index is 5.10. The van der Waals surface area contributed by atoms with Gasteiger partial charge in [-0.15, -0.1) is 0 Å². The van der Waals surface area contributed by atoms with E-state index in [0.717, 1.165) is 25.0 Å². The van der Waals surface area contributed by atoms with E-state index >= 15 is 0 Å². The van der Waals surface area contributed by atoms with Gasteiger partial charge < -0.3 is 10.1 Å². The zero-order valence-corrected chi connectivity index (χ0v) is 12.2. The van der Waals surface area contributed by atoms with Gasteiger partial charge in [0.25, 0.3) is 0 Å². The largest absolute Gasteiger partial charge is 0.383 e. The molecule has 0 radical (unpaired) electrons. The summed E-state index contributed by atoms with van der Waals surface area (Å²) < 4.78 is 5.10. The highest BCUT2D eigenvalue weighted by molar-refractivity contribution is 7.98. The molecule has 0 aromatic heterocycles. The van der Waals surface area contributed by atoms with E-state index in [-0.39, 0.29) is 0 Å². The zero-order valence-electron chi connectivity index (χ0n) is 11.3. The highest BCUT2D eigenvalue weighted by atomic mass is 32.2. The fourth-order valence-corrected chi connectivity index (χ4v) is 4.00. The lowest BCUT2D eigenvalue weighted by Crippen LogP contribution is -2.35. The minimum absolute atomic E-state index is 0.636. The quantitative estimate of drug-likeness (QED) is 0.642. The maximum atomic E-state index is 5.10. The second-order valence-corrected chi connectivity index (χ2v) is 6.92. The third kappa shape index (κ3) is 3.87. The minimum atomic E-state index is 0.636. The van der Waals surface area contributed by atoms with Crippen LogP contribution in [0.1, 0.15) is 32.1 Å². The first-order valence-corrected chi connectivity index (χ1v) is 8.38. The van der Waals surface area contributed by atoms with Gasteiger partial charge in [0.2, 0.25) is 0 Å². The van der Waals surface area contributed by atoms with E-state index in [4.69, 9.17) is 4.74 Å². The first-order valence-electron chi connectivity index (χ1n) is 6.98. The second kappa shape index (κ2) is 6.44. The Kier molecular flexibility index (Phi) is 5.19. The van der Waals surface area contributed by atoms with Crippen molar-refractivity contribution in [2.24, 2.45) is 17.3 Å². The van der Waals surface area contributed by atoms with E-state index in [1.807, 2.05) is 11.8 Å². The van der Waals surface area contributed by atoms with Crippen molar-refractivity contribution < 1.29 is 4.74 Å². The molecule has 2 aliphatic carbocycles. The number of rotatable bonds is 9. The van der Waals surface area contributed by atoms with Crippen LogP contribution in [0.4, 0.5) is 0 Å². The van der Waals surface area contributed by atoms with E-state index in [2.05, 4.69) is 11.6 Å². The maximum Gasteiger partial charge on any atom is 0.0587 e. The molecule has 2 rings (SSSR count). The first-order chi connectivity index (χ1) is 8.29. The molecule has 2 unspecified atom stereocenters. The van der Waals surface area contributed by atoms with Gasteiger partial charge in [0.1, 0.15) is 0 Å². The molecular weight excluding hydrogens is 230 g/mol. The molecule has 2 nitrogen and oxygen atoms in total. The van der Waals surface area contributed by atoms with Crippen LogP contribution in [0.2, 0.25) is 0 Å². The summed E-state index contributed by atoms with van der Waals surface area (Å²) in [7, 11) is 1.78. The summed E-state index contributed by atoms with van der Waals surface area (Å²) in [6, 6.07) is 0. The third-order valence-corrected chi connectivity index (χ3v) is 5.19. The van der Waals surface area contributed by atoms with E-state index in [0.29, 0.717) is 5.41 Å². The Morgan fingerprint density at radius 1 is 1.35 bits per heavy atom. The normalized spacial score (nSPS) is 34.9. The van der Waals surface area contributed by atoms with Crippen LogP contribution in [-0.2, 0) is 4.74 Å². The summed E-state index contributed by atoms with van der Waals surface area (Å²) >= 11 is 1.99. The summed E-state index contributed by atoms with van der Waals surface area (Å²) in [4.78, 5) is 0. The Morgan fingerprint density at radius 2 is 2.12 bits per heavy atom. The monoisotopic (exact) mass is 257 g/mol. The van der Waals surface area contributed by atoms with Gasteiger partial charge in [-0.3, -0.25) is 0 Å². The molecule has 2 saturated carbocycles. The van der Waals surface area contributed by atoms with Crippen molar-refractivity contribution in [3.05, 3.63) is 0 Å². The second-order valence-electron chi connectivity index (χ2n) is 5.93. The number of methoxy groups -OCH3 is 1. The summed E-state index contributed by atoms with van der Waals surface area (Å²) in [6.45, 7) is 3.07. The van der Waals surface area contributed by atoms with Crippen LogP contribution in [-0.4, -0.2) is 38.8 Å². The van der Waals surface area contributed by atoms with Crippen LogP contribution in [0.25, 0.3) is 0 Å². The molecule has 3 heteroatoms. The van der Waals surface area contributed by atoms with Gasteiger partial charge in [0.05, 0.1) is 6.61 Å². The summed E-state index contributed by atoms with van der Waals surface area (Å²) in [6.07, 6.45) is 9.56. The number of ether oxygens (including phenoxy) is 1. The SMILES string of the molecule is COCCNCC1(CCCSC)CC2CC2C1. The van der Waals surface area contributed by atoms with Gasteiger partial charge >= 0.3 is 0 Å². The molecule has 0 spiro atoms. The number of thioether (sulfide) groups is 1. The molecule has 17 heavy (non-hydrogen) atoms. The molecule has 2 aliphatic rings. The Hall–Kier alpha value is 0.270. The molecule has 1 N–H and O–H groups in total. The van der Waals surface area contributed by atoms with Gasteiger partial charge in [-0.05, 0) is 61.4 Å². The Balaban J connectivity index is 1.72. The summed E-state index contributed by atoms with van der Waals surface area (Å²) in [5.74, 6) is 3.51. The molecule has 0 saturated heterocycles. The minimum Gasteiger partial charge on any atom is -0.383 e. The van der Waals surface area contributed by atoms with Gasteiger partial charge in [0, 0.05) is 20.2 Å². The Bertz CT molecular complexity index is 224. The van der Waals surface area contributed by atoms with Crippen molar-refractivity contribution in [3.8, 4) is 0 Å². The van der Waals surface area contributed by atoms with E-state index < -0.39 is 0 Å². The Labute approximate surface area is 110 Å². The third-order valence-electron chi connectivity index (χ3n) is 4.50. The predicted octanol–water partition coefficient (Wildman–Crippen LogP) is 2.78. The predicted molar refractivity (Wildman–Crippen MR) is 75.6 cm³/mol. The molecule has 0 aromatic carbocycles. The fourth-order valence-electron chi connectivity index (χ4n) is 3.56. The molecule has 0 heterocycles. The van der Waals surface area contributed by atoms with Gasteiger partial charge in [-0.25, -0.2) is 0 Å². The lowest BCUT2D eigenvalue weighted by molar-refractivity contribution is 0.182. The highest BCUT2D eigenvalue weighted by Gasteiger charge is 2.52. The van der Waals surface area contributed by atoms with Gasteiger partial charge in [-0.2, -0.15) is 11.8 Å². The molecule has 2 atom stereocenters. The Morgan fingerprint density at radius 3 is 2.76 bits per heavy atom. The van der Waals surface area contributed by atoms with Crippen molar-refractivity contribution in [2.45, 2.75) is 32.1 Å². The van der Waals surface area contributed by atoms with Gasteiger partial charge in [0.15, 0.2) is 0 Å². The van der Waals surface area contributed by atoms with Crippen LogP contribution >= 0.6 is 11.8 Å². The lowest BCUT2D eigenvalue weighted by Gasteiger charge is -2.31. The zero-order chi connectivity index (χ0) is 12.1. The van der Waals surface area contributed by atoms with Crippen molar-refractivity contribution in [3.63, 3.8) is 0 Å². The molecule has 0 aromatic rings. The van der Waals surface area contributed by atoms with Crippen molar-refractivity contribution in [1.82, 2.24) is 5.32 Å². The number of hydrogen-bond donors (Lipinski definition) is 1. The van der Waals surface area contributed by atoms with Crippen LogP contribution in [0, 0.1) is 17.3 Å². The topological polar surface area (TPSA) is 21.3 Å². The average Bonchev–Trinajstić information content (AvgIpc) is 2.94. The smallest absolute Gasteiger partial charge is 0.0587 e. The molecule has 0 bridgehead atoms. The van der Waals surface area contributed by atoms with E-state index in [1.54, 1.807) is 7.11 Å². The lowest BCUT2D eigenvalue weighted by atomic mass is 9.79. The number of fused-ring (bicyclic) bond motifs is 1. The first kappa shape index (κ1) is 13.7. The molecule has 0 aliphatic heterocycles. The van der Waals surface area contributed by atoms with Crippen LogP contribution in [0.15, 0.2) is 0 Å². The van der Waals surface area contributed by atoms with Crippen molar-refractivity contribution >= 4 is 11.8 Å². The van der Waals surface area contributed by atoms with Gasteiger partial charge in [-0.1, -0.05) is 0 Å². The number of nitrogens with one attached hydrogen (secondary N) is 1. The van der Waals surface area contributed by atoms with Crippen molar-refractivity contribution in [2.75, 3.05) is 38.8 Å². The molecule has 0 amide bonds. The van der Waals surface area contributed by atoms with E-state index in [1.165, 1.54) is 44.4 Å². The highest BCUT2D eigenvalue weighted by Crippen LogP contribution is 2.61. The molecule has 2 fully saturated rings. The van der Waals surface area contributed by atoms with E-state index in [9.17, 15) is 0 Å². The van der Waals surface area contributed by atoms with Crippen LogP contribution in [0.5, 0.6) is 0 Å². The summed E-state index contributed by atoms with van der Waals surface area (Å²) in [5.41, 5.74) is 0.636. The van der Waals surface area contributed by atoms with Crippen LogP contribution in [0.3, 0.4) is 0 Å². The standard InChI is InChI=1S/C14H27NOS/c1-16-6-5-15-11-14(4-3-7-17-2)9-12-8-13(12)10-14/h12-13,15H,3-11H2,1-2H3. The average molecular weight is 257 g/mol. The number of hydrogen-bond acceptors (Lipinski definition) is 3. The molecular formula is C14H27NOS. The fraction of sp³-hybridized carbons (Fsp3) is 1.00. The summed E-state index contributed by atoms with van der Waals surface area (Å²) in [5, 5.41) is 3.61. The van der Waals surface area contributed by atoms with Crippen LogP contribution < -0.4 is 5.32 Å². The van der Waals surface area contributed by atoms with Crippen molar-refractivity contribution in [1.29, 1.82) is 0 Å². The molecule has 100 valence electrons.